The lowest BCUT2D eigenvalue weighted by Gasteiger charge is -2.03. The highest BCUT2D eigenvalue weighted by atomic mass is 16.3. The van der Waals surface area contributed by atoms with E-state index in [2.05, 4.69) is 13.5 Å². The molecule has 0 aliphatic carbocycles. The zero-order valence-corrected chi connectivity index (χ0v) is 6.30. The van der Waals surface area contributed by atoms with E-state index in [9.17, 15) is 0 Å². The zero-order valence-electron chi connectivity index (χ0n) is 6.30. The smallest absolute Gasteiger partial charge is 0.161 e. The lowest BCUT2D eigenvalue weighted by molar-refractivity contribution is 0.261. The van der Waals surface area contributed by atoms with Crippen molar-refractivity contribution in [3.8, 4) is 6.07 Å². The number of rotatable bonds is 4. The van der Waals surface area contributed by atoms with Gasteiger partial charge < -0.3 is 5.11 Å². The van der Waals surface area contributed by atoms with E-state index in [1.165, 1.54) is 0 Å². The van der Waals surface area contributed by atoms with Crippen molar-refractivity contribution in [3.05, 3.63) is 12.2 Å². The summed E-state index contributed by atoms with van der Waals surface area (Å²) in [5.41, 5.74) is 0.629. The molecule has 0 aromatic heterocycles. The van der Waals surface area contributed by atoms with Crippen molar-refractivity contribution in [2.24, 2.45) is 0 Å². The fraction of sp³-hybridized carbons (Fsp3) is 0.625. The Bertz CT molecular complexity index is 146. The standard InChI is InChI=1S/C8H13NO/c1-3-4-5-7(2)8(10)6-9/h8,10H,2-5H2,1H3. The van der Waals surface area contributed by atoms with E-state index in [1.54, 1.807) is 6.07 Å². The van der Waals surface area contributed by atoms with Gasteiger partial charge in [0.1, 0.15) is 0 Å². The van der Waals surface area contributed by atoms with Crippen LogP contribution in [0.5, 0.6) is 0 Å². The minimum atomic E-state index is -0.966. The van der Waals surface area contributed by atoms with E-state index in [4.69, 9.17) is 10.4 Å². The molecule has 2 nitrogen and oxygen atoms in total. The maximum absolute atomic E-state index is 8.89. The number of aliphatic hydroxyl groups excluding tert-OH is 1. The lowest BCUT2D eigenvalue weighted by atomic mass is 10.1. The molecule has 0 rings (SSSR count). The second-order valence-corrected chi connectivity index (χ2v) is 2.29. The number of nitriles is 1. The summed E-state index contributed by atoms with van der Waals surface area (Å²) in [6, 6.07) is 1.73. The largest absolute Gasteiger partial charge is 0.374 e. The Morgan fingerprint density at radius 3 is 2.80 bits per heavy atom. The fourth-order valence-electron chi connectivity index (χ4n) is 0.632. The Kier molecular flexibility index (Phi) is 4.61. The van der Waals surface area contributed by atoms with Gasteiger partial charge in [-0.3, -0.25) is 0 Å². The van der Waals surface area contributed by atoms with Crippen LogP contribution in [-0.4, -0.2) is 11.2 Å². The summed E-state index contributed by atoms with van der Waals surface area (Å²) >= 11 is 0. The third-order valence-corrected chi connectivity index (χ3v) is 1.36. The Hall–Kier alpha value is -0.810. The van der Waals surface area contributed by atoms with Crippen LogP contribution in [0.4, 0.5) is 0 Å². The first-order valence-electron chi connectivity index (χ1n) is 3.47. The summed E-state index contributed by atoms with van der Waals surface area (Å²) in [6.07, 6.45) is 1.85. The van der Waals surface area contributed by atoms with Crippen LogP contribution in [0.25, 0.3) is 0 Å². The summed E-state index contributed by atoms with van der Waals surface area (Å²) in [7, 11) is 0. The van der Waals surface area contributed by atoms with Crippen LogP contribution in [-0.2, 0) is 0 Å². The summed E-state index contributed by atoms with van der Waals surface area (Å²) in [4.78, 5) is 0. The van der Waals surface area contributed by atoms with Gasteiger partial charge in [0.15, 0.2) is 6.10 Å². The van der Waals surface area contributed by atoms with Crippen molar-refractivity contribution in [2.45, 2.75) is 32.3 Å². The predicted molar refractivity (Wildman–Crippen MR) is 40.3 cm³/mol. The van der Waals surface area contributed by atoms with Crippen LogP contribution in [0.1, 0.15) is 26.2 Å². The van der Waals surface area contributed by atoms with Gasteiger partial charge in [-0.1, -0.05) is 19.9 Å². The molecule has 1 atom stereocenters. The molecule has 0 aliphatic rings. The van der Waals surface area contributed by atoms with Crippen molar-refractivity contribution >= 4 is 0 Å². The molecule has 0 aromatic rings. The molecule has 0 fully saturated rings. The lowest BCUT2D eigenvalue weighted by Crippen LogP contribution is -2.05. The summed E-state index contributed by atoms with van der Waals surface area (Å²) in [5.74, 6) is 0. The van der Waals surface area contributed by atoms with Gasteiger partial charge in [0.05, 0.1) is 6.07 Å². The quantitative estimate of drug-likeness (QED) is 0.475. The number of hydrogen-bond donors (Lipinski definition) is 1. The Morgan fingerprint density at radius 1 is 1.80 bits per heavy atom. The van der Waals surface area contributed by atoms with Crippen LogP contribution in [0.3, 0.4) is 0 Å². The first-order valence-corrected chi connectivity index (χ1v) is 3.47. The highest BCUT2D eigenvalue weighted by Crippen LogP contribution is 2.08. The van der Waals surface area contributed by atoms with Crippen molar-refractivity contribution in [1.82, 2.24) is 0 Å². The molecule has 0 amide bonds. The summed E-state index contributed by atoms with van der Waals surface area (Å²) in [6.45, 7) is 5.65. The predicted octanol–water partition coefficient (Wildman–Crippen LogP) is 1.62. The molecule has 0 aromatic carbocycles. The number of aliphatic hydroxyl groups is 1. The Balaban J connectivity index is 3.54. The van der Waals surface area contributed by atoms with Crippen LogP contribution >= 0.6 is 0 Å². The van der Waals surface area contributed by atoms with Gasteiger partial charge in [-0.2, -0.15) is 5.26 Å². The minimum Gasteiger partial charge on any atom is -0.374 e. The topological polar surface area (TPSA) is 44.0 Å². The molecule has 1 N–H and O–H groups in total. The van der Waals surface area contributed by atoms with Crippen molar-refractivity contribution in [1.29, 1.82) is 5.26 Å². The third kappa shape index (κ3) is 3.26. The molecule has 0 saturated carbocycles. The second kappa shape index (κ2) is 5.01. The summed E-state index contributed by atoms with van der Waals surface area (Å²) < 4.78 is 0. The van der Waals surface area contributed by atoms with Gasteiger partial charge >= 0.3 is 0 Å². The molecule has 0 heterocycles. The van der Waals surface area contributed by atoms with Crippen molar-refractivity contribution in [2.75, 3.05) is 0 Å². The summed E-state index contributed by atoms with van der Waals surface area (Å²) in [5, 5.41) is 17.1. The van der Waals surface area contributed by atoms with Crippen LogP contribution < -0.4 is 0 Å². The van der Waals surface area contributed by atoms with Crippen molar-refractivity contribution in [3.63, 3.8) is 0 Å². The van der Waals surface area contributed by atoms with E-state index in [-0.39, 0.29) is 0 Å². The molecule has 0 bridgehead atoms. The molecule has 2 heteroatoms. The molecule has 0 radical (unpaired) electrons. The van der Waals surface area contributed by atoms with E-state index in [1.807, 2.05) is 0 Å². The fourth-order valence-corrected chi connectivity index (χ4v) is 0.632. The molecular weight excluding hydrogens is 126 g/mol. The first-order chi connectivity index (χ1) is 4.72. The van der Waals surface area contributed by atoms with Gasteiger partial charge in [-0.25, -0.2) is 0 Å². The monoisotopic (exact) mass is 139 g/mol. The molecule has 0 spiro atoms. The van der Waals surface area contributed by atoms with E-state index < -0.39 is 6.10 Å². The van der Waals surface area contributed by atoms with E-state index >= 15 is 0 Å². The normalized spacial score (nSPS) is 12.1. The van der Waals surface area contributed by atoms with E-state index in [0.29, 0.717) is 5.57 Å². The van der Waals surface area contributed by atoms with Gasteiger partial charge in [0, 0.05) is 0 Å². The van der Waals surface area contributed by atoms with E-state index in [0.717, 1.165) is 19.3 Å². The number of unbranched alkanes of at least 4 members (excludes halogenated alkanes) is 1. The molecule has 56 valence electrons. The number of nitrogens with zero attached hydrogens (tertiary/aromatic N) is 1. The Labute approximate surface area is 61.8 Å². The van der Waals surface area contributed by atoms with Gasteiger partial charge in [-0.05, 0) is 18.4 Å². The molecule has 1 unspecified atom stereocenters. The SMILES string of the molecule is C=C(CCCC)C(O)C#N. The Morgan fingerprint density at radius 2 is 2.40 bits per heavy atom. The molecule has 0 aliphatic heterocycles. The van der Waals surface area contributed by atoms with Crippen molar-refractivity contribution < 1.29 is 5.11 Å². The zero-order chi connectivity index (χ0) is 7.98. The van der Waals surface area contributed by atoms with Crippen LogP contribution in [0, 0.1) is 11.3 Å². The highest BCUT2D eigenvalue weighted by Gasteiger charge is 2.04. The number of hydrogen-bond acceptors (Lipinski definition) is 2. The average molecular weight is 139 g/mol. The molecule has 10 heavy (non-hydrogen) atoms. The minimum absolute atomic E-state index is 0.629. The third-order valence-electron chi connectivity index (χ3n) is 1.36. The van der Waals surface area contributed by atoms with Gasteiger partial charge in [-0.15, -0.1) is 0 Å². The maximum atomic E-state index is 8.89. The van der Waals surface area contributed by atoms with Crippen LogP contribution in [0.2, 0.25) is 0 Å². The molecular formula is C8H13NO. The van der Waals surface area contributed by atoms with Gasteiger partial charge in [0.25, 0.3) is 0 Å². The van der Waals surface area contributed by atoms with Gasteiger partial charge in [0.2, 0.25) is 0 Å². The first kappa shape index (κ1) is 9.19. The second-order valence-electron chi connectivity index (χ2n) is 2.29. The highest BCUT2D eigenvalue weighted by molar-refractivity contribution is 5.11. The average Bonchev–Trinajstić information content (AvgIpc) is 1.98. The van der Waals surface area contributed by atoms with Crippen LogP contribution in [0.15, 0.2) is 12.2 Å². The maximum Gasteiger partial charge on any atom is 0.161 e. The molecule has 0 saturated heterocycles.